The number of nitrogens with two attached hydrogens (primary N) is 1. The van der Waals surface area contributed by atoms with Gasteiger partial charge in [-0.05, 0) is 12.5 Å². The number of urea groups is 1. The van der Waals surface area contributed by atoms with Gasteiger partial charge in [0.1, 0.15) is 0 Å². The van der Waals surface area contributed by atoms with Crippen LogP contribution in [0.25, 0.3) is 0 Å². The first-order valence-corrected chi connectivity index (χ1v) is 5.65. The number of nitrogens with zero attached hydrogens (tertiary/aromatic N) is 2. The summed E-state index contributed by atoms with van der Waals surface area (Å²) in [6.07, 6.45) is 0.132. The summed E-state index contributed by atoms with van der Waals surface area (Å²) in [4.78, 5) is 16.1. The van der Waals surface area contributed by atoms with E-state index in [2.05, 4.69) is 5.16 Å². The lowest BCUT2D eigenvalue weighted by atomic mass is 10.0. The molecule has 6 heteroatoms. The molecule has 96 valence electrons. The van der Waals surface area contributed by atoms with Crippen LogP contribution in [0.3, 0.4) is 0 Å². The Morgan fingerprint density at radius 1 is 1.56 bits per heavy atom. The SMILES string of the molecule is CC(C1CC(c2ccccc2)=NO1)N(O)C(N)=O. The van der Waals surface area contributed by atoms with Crippen LogP contribution in [0, 0.1) is 0 Å². The molecule has 2 rings (SSSR count). The maximum absolute atomic E-state index is 10.9. The fourth-order valence-corrected chi connectivity index (χ4v) is 1.81. The van der Waals surface area contributed by atoms with Crippen LogP contribution >= 0.6 is 0 Å². The summed E-state index contributed by atoms with van der Waals surface area (Å²) in [5.41, 5.74) is 6.76. The second-order valence-electron chi connectivity index (χ2n) is 4.18. The van der Waals surface area contributed by atoms with Crippen LogP contribution in [0.4, 0.5) is 4.79 Å². The van der Waals surface area contributed by atoms with Gasteiger partial charge in [-0.3, -0.25) is 5.21 Å². The topological polar surface area (TPSA) is 88.2 Å². The van der Waals surface area contributed by atoms with Crippen molar-refractivity contribution in [1.82, 2.24) is 5.06 Å². The summed E-state index contributed by atoms with van der Waals surface area (Å²) in [6, 6.07) is 8.15. The van der Waals surface area contributed by atoms with Gasteiger partial charge < -0.3 is 10.6 Å². The van der Waals surface area contributed by atoms with E-state index in [4.69, 9.17) is 10.6 Å². The maximum Gasteiger partial charge on any atom is 0.338 e. The van der Waals surface area contributed by atoms with Gasteiger partial charge in [0.15, 0.2) is 6.10 Å². The summed E-state index contributed by atoms with van der Waals surface area (Å²) in [6.45, 7) is 1.65. The Morgan fingerprint density at radius 3 is 2.83 bits per heavy atom. The third-order valence-corrected chi connectivity index (χ3v) is 2.95. The molecule has 2 unspecified atom stereocenters. The van der Waals surface area contributed by atoms with E-state index in [-0.39, 0.29) is 0 Å². The number of oxime groups is 1. The first kappa shape index (κ1) is 12.4. The van der Waals surface area contributed by atoms with Crippen molar-refractivity contribution >= 4 is 11.7 Å². The Kier molecular flexibility index (Phi) is 3.47. The number of hydrogen-bond acceptors (Lipinski definition) is 4. The number of hydrogen-bond donors (Lipinski definition) is 2. The van der Waals surface area contributed by atoms with Gasteiger partial charge in [-0.1, -0.05) is 35.5 Å². The summed E-state index contributed by atoms with van der Waals surface area (Å²) >= 11 is 0. The quantitative estimate of drug-likeness (QED) is 0.625. The largest absolute Gasteiger partial charge is 0.390 e. The van der Waals surface area contributed by atoms with E-state index in [0.29, 0.717) is 11.5 Å². The molecular formula is C12H15N3O3. The number of hydroxylamine groups is 2. The second kappa shape index (κ2) is 5.05. The van der Waals surface area contributed by atoms with Gasteiger partial charge in [-0.25, -0.2) is 4.79 Å². The normalized spacial score (nSPS) is 19.9. The highest BCUT2D eigenvalue weighted by Gasteiger charge is 2.32. The predicted molar refractivity (Wildman–Crippen MR) is 65.1 cm³/mol. The molecular weight excluding hydrogens is 234 g/mol. The second-order valence-corrected chi connectivity index (χ2v) is 4.18. The van der Waals surface area contributed by atoms with Crippen molar-refractivity contribution < 1.29 is 14.8 Å². The molecule has 1 aliphatic heterocycles. The molecule has 0 saturated carbocycles. The standard InChI is InChI=1S/C12H15N3O3/c1-8(15(17)12(13)16)11-7-10(14-18-11)9-5-3-2-4-6-9/h2-6,8,11,17H,7H2,1H3,(H2,13,16). The Morgan fingerprint density at radius 2 is 2.22 bits per heavy atom. The Balaban J connectivity index is 2.01. The molecule has 2 amide bonds. The van der Waals surface area contributed by atoms with E-state index >= 15 is 0 Å². The third kappa shape index (κ3) is 2.43. The molecule has 1 heterocycles. The third-order valence-electron chi connectivity index (χ3n) is 2.95. The first-order chi connectivity index (χ1) is 8.59. The van der Waals surface area contributed by atoms with Crippen molar-refractivity contribution in [3.8, 4) is 0 Å². The molecule has 2 atom stereocenters. The molecule has 0 aliphatic carbocycles. The van der Waals surface area contributed by atoms with E-state index in [0.717, 1.165) is 11.3 Å². The molecule has 18 heavy (non-hydrogen) atoms. The monoisotopic (exact) mass is 249 g/mol. The molecule has 0 radical (unpaired) electrons. The first-order valence-electron chi connectivity index (χ1n) is 5.65. The highest BCUT2D eigenvalue weighted by Crippen LogP contribution is 2.20. The lowest BCUT2D eigenvalue weighted by Crippen LogP contribution is -2.45. The fourth-order valence-electron chi connectivity index (χ4n) is 1.81. The number of benzene rings is 1. The molecule has 6 nitrogen and oxygen atoms in total. The van der Waals surface area contributed by atoms with Gasteiger partial charge >= 0.3 is 6.03 Å². The molecule has 0 spiro atoms. The minimum Gasteiger partial charge on any atom is -0.390 e. The molecule has 1 aliphatic rings. The Bertz CT molecular complexity index is 461. The van der Waals surface area contributed by atoms with Crippen LogP contribution in [0.1, 0.15) is 18.9 Å². The number of primary amides is 1. The van der Waals surface area contributed by atoms with E-state index < -0.39 is 18.2 Å². The van der Waals surface area contributed by atoms with Crippen LogP contribution in [0.15, 0.2) is 35.5 Å². The maximum atomic E-state index is 10.9. The lowest BCUT2D eigenvalue weighted by molar-refractivity contribution is -0.111. The van der Waals surface area contributed by atoms with Crippen molar-refractivity contribution in [2.45, 2.75) is 25.5 Å². The van der Waals surface area contributed by atoms with Crippen molar-refractivity contribution in [2.24, 2.45) is 10.9 Å². The fraction of sp³-hybridized carbons (Fsp3) is 0.333. The van der Waals surface area contributed by atoms with E-state index in [1.165, 1.54) is 0 Å². The van der Waals surface area contributed by atoms with Crippen molar-refractivity contribution in [3.05, 3.63) is 35.9 Å². The van der Waals surface area contributed by atoms with Crippen LogP contribution in [-0.2, 0) is 4.84 Å². The summed E-state index contributed by atoms with van der Waals surface area (Å²) in [5.74, 6) is 0. The zero-order chi connectivity index (χ0) is 13.1. The van der Waals surface area contributed by atoms with E-state index in [9.17, 15) is 10.0 Å². The summed E-state index contributed by atoms with van der Waals surface area (Å²) in [7, 11) is 0. The van der Waals surface area contributed by atoms with Gasteiger partial charge in [-0.2, -0.15) is 5.06 Å². The minimum absolute atomic E-state index is 0.391. The lowest BCUT2D eigenvalue weighted by Gasteiger charge is -2.24. The number of carbonyl (C=O) groups excluding carboxylic acids is 1. The molecule has 3 N–H and O–H groups in total. The highest BCUT2D eigenvalue weighted by molar-refractivity contribution is 6.01. The molecule has 1 aromatic rings. The van der Waals surface area contributed by atoms with Crippen LogP contribution < -0.4 is 5.73 Å². The van der Waals surface area contributed by atoms with Crippen LogP contribution in [-0.4, -0.2) is 34.2 Å². The Hall–Kier alpha value is -2.08. The average Bonchev–Trinajstić information content (AvgIpc) is 2.87. The molecule has 0 fully saturated rings. The highest BCUT2D eigenvalue weighted by atomic mass is 16.6. The average molecular weight is 249 g/mol. The number of rotatable bonds is 3. The zero-order valence-electron chi connectivity index (χ0n) is 9.98. The molecule has 1 aromatic carbocycles. The molecule has 0 bridgehead atoms. The smallest absolute Gasteiger partial charge is 0.338 e. The van der Waals surface area contributed by atoms with E-state index in [1.54, 1.807) is 6.92 Å². The number of carbonyl (C=O) groups is 1. The van der Waals surface area contributed by atoms with Gasteiger partial charge in [0.25, 0.3) is 0 Å². The zero-order valence-corrected chi connectivity index (χ0v) is 9.98. The van der Waals surface area contributed by atoms with Crippen LogP contribution in [0.5, 0.6) is 0 Å². The van der Waals surface area contributed by atoms with E-state index in [1.807, 2.05) is 30.3 Å². The van der Waals surface area contributed by atoms with Gasteiger partial charge in [0.05, 0.1) is 11.8 Å². The van der Waals surface area contributed by atoms with Crippen LogP contribution in [0.2, 0.25) is 0 Å². The summed E-state index contributed by atoms with van der Waals surface area (Å²) < 4.78 is 0. The Labute approximate surface area is 105 Å². The summed E-state index contributed by atoms with van der Waals surface area (Å²) in [5, 5.41) is 13.9. The van der Waals surface area contributed by atoms with Crippen molar-refractivity contribution in [3.63, 3.8) is 0 Å². The van der Waals surface area contributed by atoms with Gasteiger partial charge in [-0.15, -0.1) is 0 Å². The van der Waals surface area contributed by atoms with Crippen molar-refractivity contribution in [1.29, 1.82) is 0 Å². The molecule has 0 saturated heterocycles. The van der Waals surface area contributed by atoms with Crippen molar-refractivity contribution in [2.75, 3.05) is 0 Å². The van der Waals surface area contributed by atoms with Gasteiger partial charge in [0, 0.05) is 6.42 Å². The minimum atomic E-state index is -0.903. The number of amides is 2. The molecule has 0 aromatic heterocycles. The van der Waals surface area contributed by atoms with Gasteiger partial charge in [0.2, 0.25) is 0 Å². The predicted octanol–water partition coefficient (Wildman–Crippen LogP) is 1.34.